The van der Waals surface area contributed by atoms with Gasteiger partial charge in [-0.1, -0.05) is 35.3 Å². The first-order chi connectivity index (χ1) is 12.5. The number of imidazole rings is 1. The van der Waals surface area contributed by atoms with E-state index in [-0.39, 0.29) is 0 Å². The molecule has 0 aliphatic heterocycles. The van der Waals surface area contributed by atoms with Gasteiger partial charge < -0.3 is 13.7 Å². The van der Waals surface area contributed by atoms with Crippen LogP contribution in [0.3, 0.4) is 0 Å². The molecule has 0 bridgehead atoms. The molecule has 4 aromatic rings. The maximum Gasteiger partial charge on any atom is 0.177 e. The van der Waals surface area contributed by atoms with Crippen molar-refractivity contribution >= 4 is 34.2 Å². The topological polar surface area (TPSA) is 40.2 Å². The highest BCUT2D eigenvalue weighted by atomic mass is 35.5. The first-order valence-electron chi connectivity index (χ1n) is 8.10. The standard InChI is InChI=1S/C20H16Cl2N2O2/c1-12-6-7-19(26-12)20-23-17-9-15(21)16(22)10-18(17)24(20)11-13-4-3-5-14(8-13)25-2/h3-10H,11H2,1-2H3. The van der Waals surface area contributed by atoms with E-state index in [9.17, 15) is 0 Å². The molecule has 0 atom stereocenters. The molecule has 0 aliphatic carbocycles. The SMILES string of the molecule is COc1cccc(Cn2c(-c3ccc(C)o3)nc3cc(Cl)c(Cl)cc32)c1. The second-order valence-electron chi connectivity index (χ2n) is 6.04. The summed E-state index contributed by atoms with van der Waals surface area (Å²) in [6.07, 6.45) is 0. The Morgan fingerprint density at radius 3 is 2.62 bits per heavy atom. The Kier molecular flexibility index (Phi) is 4.39. The van der Waals surface area contributed by atoms with Crippen LogP contribution in [0, 0.1) is 6.92 Å². The fraction of sp³-hybridized carbons (Fsp3) is 0.150. The highest BCUT2D eigenvalue weighted by Crippen LogP contribution is 2.32. The Balaban J connectivity index is 1.90. The number of hydrogen-bond donors (Lipinski definition) is 0. The molecule has 4 nitrogen and oxygen atoms in total. The first kappa shape index (κ1) is 17.0. The Labute approximate surface area is 160 Å². The van der Waals surface area contributed by atoms with Crippen molar-refractivity contribution in [2.45, 2.75) is 13.5 Å². The molecule has 0 aliphatic rings. The maximum absolute atomic E-state index is 6.25. The summed E-state index contributed by atoms with van der Waals surface area (Å²) in [7, 11) is 1.66. The molecule has 2 aromatic carbocycles. The molecule has 132 valence electrons. The van der Waals surface area contributed by atoms with Crippen molar-refractivity contribution in [3.05, 3.63) is 69.9 Å². The summed E-state index contributed by atoms with van der Waals surface area (Å²) in [5.41, 5.74) is 2.75. The van der Waals surface area contributed by atoms with Gasteiger partial charge in [-0.2, -0.15) is 0 Å². The number of nitrogens with zero attached hydrogens (tertiary/aromatic N) is 2. The van der Waals surface area contributed by atoms with E-state index in [1.807, 2.05) is 49.4 Å². The third-order valence-corrected chi connectivity index (χ3v) is 4.95. The van der Waals surface area contributed by atoms with Crippen LogP contribution in [0.5, 0.6) is 5.75 Å². The molecule has 2 heterocycles. The van der Waals surface area contributed by atoms with E-state index in [2.05, 4.69) is 4.57 Å². The molecule has 2 aromatic heterocycles. The highest BCUT2D eigenvalue weighted by Gasteiger charge is 2.17. The zero-order valence-corrected chi connectivity index (χ0v) is 15.8. The third-order valence-electron chi connectivity index (χ3n) is 4.23. The van der Waals surface area contributed by atoms with E-state index >= 15 is 0 Å². The lowest BCUT2D eigenvalue weighted by molar-refractivity contribution is 0.414. The van der Waals surface area contributed by atoms with Crippen LogP contribution < -0.4 is 4.74 Å². The Hall–Kier alpha value is -2.43. The lowest BCUT2D eigenvalue weighted by Gasteiger charge is -2.10. The zero-order chi connectivity index (χ0) is 18.3. The van der Waals surface area contributed by atoms with Crippen molar-refractivity contribution in [1.29, 1.82) is 0 Å². The largest absolute Gasteiger partial charge is 0.497 e. The number of fused-ring (bicyclic) bond motifs is 1. The van der Waals surface area contributed by atoms with E-state index in [1.54, 1.807) is 13.2 Å². The van der Waals surface area contributed by atoms with Gasteiger partial charge in [-0.25, -0.2) is 4.98 Å². The molecular formula is C20H16Cl2N2O2. The fourth-order valence-electron chi connectivity index (χ4n) is 2.98. The van der Waals surface area contributed by atoms with Gasteiger partial charge in [0.1, 0.15) is 11.5 Å². The average Bonchev–Trinajstić information content (AvgIpc) is 3.20. The van der Waals surface area contributed by atoms with Crippen molar-refractivity contribution in [3.63, 3.8) is 0 Å². The second-order valence-corrected chi connectivity index (χ2v) is 6.85. The Bertz CT molecular complexity index is 1100. The van der Waals surface area contributed by atoms with Crippen LogP contribution in [0.1, 0.15) is 11.3 Å². The quantitative estimate of drug-likeness (QED) is 0.433. The summed E-state index contributed by atoms with van der Waals surface area (Å²) in [5, 5.41) is 0.973. The smallest absolute Gasteiger partial charge is 0.177 e. The van der Waals surface area contributed by atoms with Gasteiger partial charge in [0.2, 0.25) is 0 Å². The first-order valence-corrected chi connectivity index (χ1v) is 8.86. The van der Waals surface area contributed by atoms with Crippen molar-refractivity contribution < 1.29 is 9.15 Å². The van der Waals surface area contributed by atoms with Gasteiger partial charge in [0.25, 0.3) is 0 Å². The number of hydrogen-bond acceptors (Lipinski definition) is 3. The van der Waals surface area contributed by atoms with Gasteiger partial charge in [0.05, 0.1) is 28.2 Å². The zero-order valence-electron chi connectivity index (χ0n) is 14.3. The van der Waals surface area contributed by atoms with Crippen LogP contribution in [-0.4, -0.2) is 16.7 Å². The summed E-state index contributed by atoms with van der Waals surface area (Å²) >= 11 is 12.4. The molecule has 0 spiro atoms. The number of furan rings is 1. The number of aromatic nitrogens is 2. The molecule has 6 heteroatoms. The molecule has 4 rings (SSSR count). The van der Waals surface area contributed by atoms with Crippen LogP contribution in [0.25, 0.3) is 22.6 Å². The fourth-order valence-corrected chi connectivity index (χ4v) is 3.29. The van der Waals surface area contributed by atoms with Gasteiger partial charge in [-0.05, 0) is 48.9 Å². The number of rotatable bonds is 4. The van der Waals surface area contributed by atoms with Crippen LogP contribution in [0.15, 0.2) is 52.9 Å². The number of halogens is 2. The summed E-state index contributed by atoms with van der Waals surface area (Å²) < 4.78 is 13.2. The van der Waals surface area contributed by atoms with Gasteiger partial charge in [0.15, 0.2) is 11.6 Å². The molecule has 0 saturated heterocycles. The predicted octanol–water partition coefficient (Wildman–Crippen LogP) is 5.97. The molecule has 0 N–H and O–H groups in total. The minimum atomic E-state index is 0.479. The average molecular weight is 387 g/mol. The van der Waals surface area contributed by atoms with E-state index in [0.29, 0.717) is 22.4 Å². The van der Waals surface area contributed by atoms with Gasteiger partial charge >= 0.3 is 0 Å². The lowest BCUT2D eigenvalue weighted by Crippen LogP contribution is -2.02. The van der Waals surface area contributed by atoms with Crippen molar-refractivity contribution in [2.75, 3.05) is 7.11 Å². The predicted molar refractivity (Wildman–Crippen MR) is 104 cm³/mol. The number of aryl methyl sites for hydroxylation is 1. The van der Waals surface area contributed by atoms with Crippen molar-refractivity contribution in [3.8, 4) is 17.3 Å². The van der Waals surface area contributed by atoms with E-state index in [0.717, 1.165) is 33.9 Å². The molecule has 0 unspecified atom stereocenters. The van der Waals surface area contributed by atoms with E-state index in [4.69, 9.17) is 37.3 Å². The van der Waals surface area contributed by atoms with Crippen LogP contribution in [0.2, 0.25) is 10.0 Å². The minimum absolute atomic E-state index is 0.479. The number of methoxy groups -OCH3 is 1. The van der Waals surface area contributed by atoms with Crippen molar-refractivity contribution in [1.82, 2.24) is 9.55 Å². The molecule has 0 fully saturated rings. The Morgan fingerprint density at radius 1 is 1.08 bits per heavy atom. The minimum Gasteiger partial charge on any atom is -0.497 e. The Morgan fingerprint density at radius 2 is 1.88 bits per heavy atom. The monoisotopic (exact) mass is 386 g/mol. The molecule has 26 heavy (non-hydrogen) atoms. The van der Waals surface area contributed by atoms with Gasteiger partial charge in [-0.3, -0.25) is 0 Å². The molecule has 0 amide bonds. The maximum atomic E-state index is 6.25. The van der Waals surface area contributed by atoms with Crippen LogP contribution in [0.4, 0.5) is 0 Å². The molecule has 0 saturated carbocycles. The van der Waals surface area contributed by atoms with Gasteiger partial charge in [0, 0.05) is 6.54 Å². The highest BCUT2D eigenvalue weighted by molar-refractivity contribution is 6.42. The number of benzene rings is 2. The summed E-state index contributed by atoms with van der Waals surface area (Å²) in [4.78, 5) is 4.73. The summed E-state index contributed by atoms with van der Waals surface area (Å²) in [5.74, 6) is 3.07. The summed E-state index contributed by atoms with van der Waals surface area (Å²) in [6, 6.07) is 15.4. The number of ether oxygens (including phenoxy) is 1. The van der Waals surface area contributed by atoms with Gasteiger partial charge in [-0.15, -0.1) is 0 Å². The van der Waals surface area contributed by atoms with E-state index < -0.39 is 0 Å². The summed E-state index contributed by atoms with van der Waals surface area (Å²) in [6.45, 7) is 2.51. The molecule has 0 radical (unpaired) electrons. The van der Waals surface area contributed by atoms with Crippen molar-refractivity contribution in [2.24, 2.45) is 0 Å². The van der Waals surface area contributed by atoms with E-state index in [1.165, 1.54) is 0 Å². The molecular weight excluding hydrogens is 371 g/mol. The second kappa shape index (κ2) is 6.71. The van der Waals surface area contributed by atoms with Crippen LogP contribution in [-0.2, 0) is 6.54 Å². The van der Waals surface area contributed by atoms with Crippen LogP contribution >= 0.6 is 23.2 Å². The third kappa shape index (κ3) is 3.06. The lowest BCUT2D eigenvalue weighted by atomic mass is 10.2. The normalized spacial score (nSPS) is 11.2.